The molecule has 3 nitrogen and oxygen atoms in total. The molecule has 3 rings (SSSR count). The summed E-state index contributed by atoms with van der Waals surface area (Å²) in [4.78, 5) is 2.21. The first-order valence-electron chi connectivity index (χ1n) is 6.88. The van der Waals surface area contributed by atoms with E-state index in [-0.39, 0.29) is 0 Å². The van der Waals surface area contributed by atoms with Crippen LogP contribution in [0.3, 0.4) is 0 Å². The summed E-state index contributed by atoms with van der Waals surface area (Å²) in [5, 5.41) is 0. The third-order valence-electron chi connectivity index (χ3n) is 3.61. The van der Waals surface area contributed by atoms with Gasteiger partial charge in [0.15, 0.2) is 0 Å². The Morgan fingerprint density at radius 2 is 1.95 bits per heavy atom. The molecule has 0 radical (unpaired) electrons. The monoisotopic (exact) mass is 325 g/mol. The fraction of sp³-hybridized carbons (Fsp3) is 0.333. The predicted octanol–water partition coefficient (Wildman–Crippen LogP) is 3.85. The summed E-state index contributed by atoms with van der Waals surface area (Å²) < 4.78 is 45.9. The van der Waals surface area contributed by atoms with Gasteiger partial charge in [-0.15, -0.1) is 0 Å². The van der Waals surface area contributed by atoms with Crippen molar-refractivity contribution in [2.75, 3.05) is 13.1 Å². The number of hydrogen-bond donors (Lipinski definition) is 0. The van der Waals surface area contributed by atoms with Gasteiger partial charge in [-0.25, -0.2) is 0 Å². The molecule has 1 aromatic carbocycles. The van der Waals surface area contributed by atoms with Gasteiger partial charge < -0.3 is 0 Å². The zero-order valence-electron chi connectivity index (χ0n) is 11.7. The van der Waals surface area contributed by atoms with Crippen LogP contribution in [-0.4, -0.2) is 26.7 Å². The highest BCUT2D eigenvalue weighted by Gasteiger charge is 2.30. The van der Waals surface area contributed by atoms with Crippen molar-refractivity contribution < 1.29 is 13.2 Å². The van der Waals surface area contributed by atoms with Crippen LogP contribution in [-0.2, 0) is 12.7 Å². The van der Waals surface area contributed by atoms with Crippen molar-refractivity contribution in [2.24, 2.45) is 0 Å². The SMILES string of the molecule is FC(F)(F)c1ccc(CN2CCC=C(c3cnsn3)C2)cc1. The van der Waals surface area contributed by atoms with Gasteiger partial charge >= 0.3 is 6.18 Å². The molecule has 116 valence electrons. The van der Waals surface area contributed by atoms with Crippen molar-refractivity contribution in [3.63, 3.8) is 0 Å². The maximum absolute atomic E-state index is 12.6. The maximum Gasteiger partial charge on any atom is 0.416 e. The molecule has 0 bridgehead atoms. The molecule has 1 aliphatic rings. The number of alkyl halides is 3. The van der Waals surface area contributed by atoms with Crippen LogP contribution in [0.1, 0.15) is 23.2 Å². The number of nitrogens with zero attached hydrogens (tertiary/aromatic N) is 3. The molecule has 0 atom stereocenters. The van der Waals surface area contributed by atoms with Gasteiger partial charge in [0.2, 0.25) is 0 Å². The molecule has 0 saturated heterocycles. The Kier molecular flexibility index (Phi) is 4.26. The van der Waals surface area contributed by atoms with Gasteiger partial charge in [-0.2, -0.15) is 21.9 Å². The Morgan fingerprint density at radius 3 is 2.59 bits per heavy atom. The van der Waals surface area contributed by atoms with Crippen molar-refractivity contribution in [3.8, 4) is 0 Å². The third-order valence-corrected chi connectivity index (χ3v) is 4.09. The number of benzene rings is 1. The van der Waals surface area contributed by atoms with Crippen molar-refractivity contribution >= 4 is 17.3 Å². The quantitative estimate of drug-likeness (QED) is 0.858. The first-order valence-corrected chi connectivity index (χ1v) is 7.61. The van der Waals surface area contributed by atoms with E-state index in [2.05, 4.69) is 19.7 Å². The lowest BCUT2D eigenvalue weighted by Gasteiger charge is -2.26. The van der Waals surface area contributed by atoms with Crippen LogP contribution < -0.4 is 0 Å². The van der Waals surface area contributed by atoms with Crippen LogP contribution in [0.15, 0.2) is 36.5 Å². The summed E-state index contributed by atoms with van der Waals surface area (Å²) in [7, 11) is 0. The van der Waals surface area contributed by atoms with Gasteiger partial charge in [0, 0.05) is 19.6 Å². The van der Waals surface area contributed by atoms with E-state index in [0.717, 1.165) is 48.5 Å². The zero-order chi connectivity index (χ0) is 15.6. The highest BCUT2D eigenvalue weighted by molar-refractivity contribution is 6.99. The molecule has 1 aromatic heterocycles. The topological polar surface area (TPSA) is 29.0 Å². The largest absolute Gasteiger partial charge is 0.416 e. The van der Waals surface area contributed by atoms with E-state index in [1.165, 1.54) is 11.7 Å². The predicted molar refractivity (Wildman–Crippen MR) is 79.2 cm³/mol. The lowest BCUT2D eigenvalue weighted by Crippen LogP contribution is -2.29. The van der Waals surface area contributed by atoms with Crippen LogP contribution in [0.5, 0.6) is 0 Å². The van der Waals surface area contributed by atoms with Gasteiger partial charge in [0.1, 0.15) is 5.69 Å². The minimum atomic E-state index is -4.28. The van der Waals surface area contributed by atoms with Crippen molar-refractivity contribution in [1.29, 1.82) is 0 Å². The highest BCUT2D eigenvalue weighted by atomic mass is 32.1. The second kappa shape index (κ2) is 6.18. The lowest BCUT2D eigenvalue weighted by atomic mass is 10.1. The Hall–Kier alpha value is -1.73. The molecule has 0 amide bonds. The molecule has 0 spiro atoms. The Balaban J connectivity index is 1.65. The average molecular weight is 325 g/mol. The van der Waals surface area contributed by atoms with Crippen LogP contribution in [0, 0.1) is 0 Å². The van der Waals surface area contributed by atoms with E-state index in [1.54, 1.807) is 18.3 Å². The number of halogens is 3. The van der Waals surface area contributed by atoms with E-state index < -0.39 is 11.7 Å². The molecular weight excluding hydrogens is 311 g/mol. The van der Waals surface area contributed by atoms with Gasteiger partial charge in [-0.3, -0.25) is 4.90 Å². The number of rotatable bonds is 3. The fourth-order valence-electron chi connectivity index (χ4n) is 2.49. The number of hydrogen-bond acceptors (Lipinski definition) is 4. The average Bonchev–Trinajstić information content (AvgIpc) is 3.01. The number of aromatic nitrogens is 2. The minimum Gasteiger partial charge on any atom is -0.294 e. The summed E-state index contributed by atoms with van der Waals surface area (Å²) >= 11 is 1.18. The molecule has 2 aromatic rings. The second-order valence-electron chi connectivity index (χ2n) is 5.22. The molecule has 0 fully saturated rings. The van der Waals surface area contributed by atoms with E-state index >= 15 is 0 Å². The van der Waals surface area contributed by atoms with Gasteiger partial charge in [0.25, 0.3) is 0 Å². The first-order chi connectivity index (χ1) is 10.5. The summed E-state index contributed by atoms with van der Waals surface area (Å²) in [5.41, 5.74) is 2.30. The van der Waals surface area contributed by atoms with Crippen molar-refractivity contribution in [2.45, 2.75) is 19.1 Å². The summed E-state index contributed by atoms with van der Waals surface area (Å²) in [6.45, 7) is 2.27. The minimum absolute atomic E-state index is 0.607. The van der Waals surface area contributed by atoms with E-state index in [4.69, 9.17) is 0 Å². The Labute approximate surface area is 130 Å². The Bertz CT molecular complexity index is 648. The zero-order valence-corrected chi connectivity index (χ0v) is 12.5. The molecule has 0 unspecified atom stereocenters. The van der Waals surface area contributed by atoms with Crippen LogP contribution in [0.4, 0.5) is 13.2 Å². The van der Waals surface area contributed by atoms with E-state index in [9.17, 15) is 13.2 Å². The third kappa shape index (κ3) is 3.53. The molecule has 0 saturated carbocycles. The first kappa shape index (κ1) is 15.2. The van der Waals surface area contributed by atoms with Crippen LogP contribution in [0.25, 0.3) is 5.57 Å². The van der Waals surface area contributed by atoms with Crippen molar-refractivity contribution in [1.82, 2.24) is 13.6 Å². The van der Waals surface area contributed by atoms with E-state index in [0.29, 0.717) is 6.54 Å². The smallest absolute Gasteiger partial charge is 0.294 e. The van der Waals surface area contributed by atoms with E-state index in [1.807, 2.05) is 0 Å². The summed E-state index contributed by atoms with van der Waals surface area (Å²) in [5.74, 6) is 0. The Morgan fingerprint density at radius 1 is 1.18 bits per heavy atom. The van der Waals surface area contributed by atoms with Crippen LogP contribution >= 0.6 is 11.7 Å². The standard InChI is InChI=1S/C15H14F3N3S/c16-15(17,18)13-5-3-11(4-6-13)9-21-7-1-2-12(10-21)14-8-19-22-20-14/h2-6,8H,1,7,9-10H2. The van der Waals surface area contributed by atoms with Gasteiger partial charge in [-0.05, 0) is 29.7 Å². The fourth-order valence-corrected chi connectivity index (χ4v) is 2.94. The normalized spacial score (nSPS) is 16.6. The highest BCUT2D eigenvalue weighted by Crippen LogP contribution is 2.29. The second-order valence-corrected chi connectivity index (χ2v) is 5.77. The van der Waals surface area contributed by atoms with Crippen molar-refractivity contribution in [3.05, 3.63) is 53.4 Å². The molecule has 7 heteroatoms. The molecular formula is C15H14F3N3S. The van der Waals surface area contributed by atoms with Gasteiger partial charge in [-0.1, -0.05) is 18.2 Å². The molecule has 22 heavy (non-hydrogen) atoms. The summed E-state index contributed by atoms with van der Waals surface area (Å²) in [6, 6.07) is 5.37. The molecule has 2 heterocycles. The van der Waals surface area contributed by atoms with Gasteiger partial charge in [0.05, 0.1) is 23.5 Å². The van der Waals surface area contributed by atoms with Crippen LogP contribution in [0.2, 0.25) is 0 Å². The molecule has 0 aliphatic carbocycles. The lowest BCUT2D eigenvalue weighted by molar-refractivity contribution is -0.137. The molecule has 0 N–H and O–H groups in total. The maximum atomic E-state index is 12.6. The summed E-state index contributed by atoms with van der Waals surface area (Å²) in [6.07, 6.45) is 0.531. The molecule has 1 aliphatic heterocycles.